The van der Waals surface area contributed by atoms with E-state index in [2.05, 4.69) is 20.2 Å². The zero-order valence-electron chi connectivity index (χ0n) is 14.0. The van der Waals surface area contributed by atoms with Crippen molar-refractivity contribution in [3.8, 4) is 0 Å². The van der Waals surface area contributed by atoms with Crippen LogP contribution in [0.15, 0.2) is 42.6 Å². The first kappa shape index (κ1) is 15.8. The summed E-state index contributed by atoms with van der Waals surface area (Å²) in [5.74, 6) is 0.965. The summed E-state index contributed by atoms with van der Waals surface area (Å²) in [6, 6.07) is 11.7. The Bertz CT molecular complexity index is 887. The number of nitrogens with zero attached hydrogens (tertiary/aromatic N) is 4. The molecule has 3 heterocycles. The number of anilines is 2. The van der Waals surface area contributed by atoms with Gasteiger partial charge >= 0.3 is 6.03 Å². The number of nitrogens with one attached hydrogen (secondary N) is 1. The number of amides is 2. The normalized spacial score (nSPS) is 14.8. The van der Waals surface area contributed by atoms with E-state index < -0.39 is 0 Å². The van der Waals surface area contributed by atoms with Gasteiger partial charge < -0.3 is 15.1 Å². The third-order valence-electron chi connectivity index (χ3n) is 4.29. The second-order valence-corrected chi connectivity index (χ2v) is 7.24. The predicted octanol–water partition coefficient (Wildman–Crippen LogP) is 3.35. The minimum atomic E-state index is -0.0630. The molecule has 0 aliphatic carbocycles. The van der Waals surface area contributed by atoms with Crippen LogP contribution in [0, 0.1) is 6.92 Å². The number of piperazine rings is 1. The first-order valence-corrected chi connectivity index (χ1v) is 9.10. The Morgan fingerprint density at radius 1 is 1.16 bits per heavy atom. The van der Waals surface area contributed by atoms with Crippen molar-refractivity contribution in [2.75, 3.05) is 36.4 Å². The number of carbonyl (C=O) groups is 1. The minimum absolute atomic E-state index is 0.0630. The van der Waals surface area contributed by atoms with Crippen LogP contribution in [0.3, 0.4) is 0 Å². The van der Waals surface area contributed by atoms with Gasteiger partial charge in [-0.05, 0) is 37.3 Å². The van der Waals surface area contributed by atoms with E-state index in [9.17, 15) is 4.79 Å². The van der Waals surface area contributed by atoms with Gasteiger partial charge in [-0.1, -0.05) is 6.07 Å². The standard InChI is InChI=1S/C18H19N5OS/c1-13-20-15-12-14(5-6-16(15)25-13)21-18(24)23-10-8-22(9-11-23)17-4-2-3-7-19-17/h2-7,12H,8-11H2,1H3,(H,21,24). The zero-order valence-corrected chi connectivity index (χ0v) is 14.8. The van der Waals surface area contributed by atoms with Gasteiger partial charge in [0.2, 0.25) is 0 Å². The minimum Gasteiger partial charge on any atom is -0.353 e. The fourth-order valence-electron chi connectivity index (χ4n) is 3.00. The van der Waals surface area contributed by atoms with Gasteiger partial charge in [0.25, 0.3) is 0 Å². The SMILES string of the molecule is Cc1nc2cc(NC(=O)N3CCN(c4ccccn4)CC3)ccc2s1. The van der Waals surface area contributed by atoms with Crippen LogP contribution >= 0.6 is 11.3 Å². The fraction of sp³-hybridized carbons (Fsp3) is 0.278. The molecular formula is C18H19N5OS. The summed E-state index contributed by atoms with van der Waals surface area (Å²) in [4.78, 5) is 25.4. The molecule has 6 nitrogen and oxygen atoms in total. The van der Waals surface area contributed by atoms with Crippen LogP contribution in [-0.2, 0) is 0 Å². The molecule has 1 fully saturated rings. The highest BCUT2D eigenvalue weighted by Gasteiger charge is 2.21. The molecular weight excluding hydrogens is 334 g/mol. The maximum Gasteiger partial charge on any atom is 0.321 e. The number of pyridine rings is 1. The van der Waals surface area contributed by atoms with Crippen LogP contribution in [-0.4, -0.2) is 47.1 Å². The van der Waals surface area contributed by atoms with Gasteiger partial charge in [-0.3, -0.25) is 0 Å². The first-order valence-electron chi connectivity index (χ1n) is 8.28. The van der Waals surface area contributed by atoms with Gasteiger partial charge in [-0.25, -0.2) is 14.8 Å². The van der Waals surface area contributed by atoms with Crippen LogP contribution in [0.1, 0.15) is 5.01 Å². The Morgan fingerprint density at radius 2 is 2.00 bits per heavy atom. The van der Waals surface area contributed by atoms with E-state index in [1.54, 1.807) is 17.5 Å². The highest BCUT2D eigenvalue weighted by Crippen LogP contribution is 2.24. The number of hydrogen-bond acceptors (Lipinski definition) is 5. The molecule has 7 heteroatoms. The summed E-state index contributed by atoms with van der Waals surface area (Å²) in [6.07, 6.45) is 1.80. The lowest BCUT2D eigenvalue weighted by molar-refractivity contribution is 0.208. The van der Waals surface area contributed by atoms with E-state index in [0.717, 1.165) is 39.8 Å². The Labute approximate surface area is 150 Å². The van der Waals surface area contributed by atoms with Crippen LogP contribution < -0.4 is 10.2 Å². The second kappa shape index (κ2) is 6.68. The number of aryl methyl sites for hydroxylation is 1. The molecule has 1 N–H and O–H groups in total. The number of urea groups is 1. The number of aromatic nitrogens is 2. The van der Waals surface area contributed by atoms with Crippen molar-refractivity contribution in [3.05, 3.63) is 47.6 Å². The Hall–Kier alpha value is -2.67. The number of thiazole rings is 1. The van der Waals surface area contributed by atoms with Crippen LogP contribution in [0.4, 0.5) is 16.3 Å². The van der Waals surface area contributed by atoms with E-state index in [-0.39, 0.29) is 6.03 Å². The predicted molar refractivity (Wildman–Crippen MR) is 101 cm³/mol. The van der Waals surface area contributed by atoms with Crippen molar-refractivity contribution >= 4 is 39.1 Å². The number of benzene rings is 1. The van der Waals surface area contributed by atoms with Crippen LogP contribution in [0.5, 0.6) is 0 Å². The average molecular weight is 353 g/mol. The maximum absolute atomic E-state index is 12.5. The van der Waals surface area contributed by atoms with Crippen molar-refractivity contribution in [1.82, 2.24) is 14.9 Å². The van der Waals surface area contributed by atoms with Crippen molar-refractivity contribution in [2.45, 2.75) is 6.92 Å². The van der Waals surface area contributed by atoms with E-state index in [1.165, 1.54) is 0 Å². The lowest BCUT2D eigenvalue weighted by atomic mass is 10.3. The first-order chi connectivity index (χ1) is 12.2. The molecule has 0 saturated carbocycles. The molecule has 1 saturated heterocycles. The molecule has 0 spiro atoms. The molecule has 3 aromatic rings. The van der Waals surface area contributed by atoms with Crippen molar-refractivity contribution < 1.29 is 4.79 Å². The summed E-state index contributed by atoms with van der Waals surface area (Å²) in [5, 5.41) is 4.02. The Morgan fingerprint density at radius 3 is 2.76 bits per heavy atom. The number of carbonyl (C=O) groups excluding carboxylic acids is 1. The molecule has 0 unspecified atom stereocenters. The molecule has 1 aliphatic heterocycles. The van der Waals surface area contributed by atoms with Gasteiger partial charge in [-0.15, -0.1) is 11.3 Å². The second-order valence-electron chi connectivity index (χ2n) is 6.01. The van der Waals surface area contributed by atoms with Crippen LogP contribution in [0.2, 0.25) is 0 Å². The lowest BCUT2D eigenvalue weighted by Gasteiger charge is -2.35. The summed E-state index contributed by atoms with van der Waals surface area (Å²) < 4.78 is 1.14. The highest BCUT2D eigenvalue weighted by atomic mass is 32.1. The molecule has 0 radical (unpaired) electrons. The van der Waals surface area contributed by atoms with E-state index in [0.29, 0.717) is 13.1 Å². The quantitative estimate of drug-likeness (QED) is 0.767. The van der Waals surface area contributed by atoms with Crippen molar-refractivity contribution in [2.24, 2.45) is 0 Å². The molecule has 2 aromatic heterocycles. The Balaban J connectivity index is 1.38. The summed E-state index contributed by atoms with van der Waals surface area (Å²) in [5.41, 5.74) is 1.72. The van der Waals surface area contributed by atoms with Gasteiger partial charge in [0.1, 0.15) is 5.82 Å². The molecule has 1 aliphatic rings. The van der Waals surface area contributed by atoms with E-state index in [1.807, 2.05) is 48.2 Å². The molecule has 25 heavy (non-hydrogen) atoms. The molecule has 0 atom stereocenters. The van der Waals surface area contributed by atoms with E-state index in [4.69, 9.17) is 0 Å². The average Bonchev–Trinajstić information content (AvgIpc) is 3.02. The third kappa shape index (κ3) is 3.41. The monoisotopic (exact) mass is 353 g/mol. The summed E-state index contributed by atoms with van der Waals surface area (Å²) in [7, 11) is 0. The maximum atomic E-state index is 12.5. The molecule has 1 aromatic carbocycles. The topological polar surface area (TPSA) is 61.4 Å². The molecule has 2 amide bonds. The molecule has 128 valence electrons. The van der Waals surface area contributed by atoms with E-state index >= 15 is 0 Å². The summed E-state index contributed by atoms with van der Waals surface area (Å²) >= 11 is 1.66. The Kier molecular flexibility index (Phi) is 4.23. The lowest BCUT2D eigenvalue weighted by Crippen LogP contribution is -2.50. The largest absolute Gasteiger partial charge is 0.353 e. The van der Waals surface area contributed by atoms with Gasteiger partial charge in [0.15, 0.2) is 0 Å². The van der Waals surface area contributed by atoms with Crippen LogP contribution in [0.25, 0.3) is 10.2 Å². The van der Waals surface area contributed by atoms with Gasteiger partial charge in [0, 0.05) is 38.1 Å². The van der Waals surface area contributed by atoms with Gasteiger partial charge in [-0.2, -0.15) is 0 Å². The number of hydrogen-bond donors (Lipinski definition) is 1. The van der Waals surface area contributed by atoms with Gasteiger partial charge in [0.05, 0.1) is 15.2 Å². The molecule has 0 bridgehead atoms. The molecule has 4 rings (SSSR count). The highest BCUT2D eigenvalue weighted by molar-refractivity contribution is 7.18. The third-order valence-corrected chi connectivity index (χ3v) is 5.24. The van der Waals surface area contributed by atoms with Crippen molar-refractivity contribution in [1.29, 1.82) is 0 Å². The summed E-state index contributed by atoms with van der Waals surface area (Å²) in [6.45, 7) is 4.93. The number of fused-ring (bicyclic) bond motifs is 1. The van der Waals surface area contributed by atoms with Crippen molar-refractivity contribution in [3.63, 3.8) is 0 Å². The number of rotatable bonds is 2. The zero-order chi connectivity index (χ0) is 17.2. The smallest absolute Gasteiger partial charge is 0.321 e. The fourth-order valence-corrected chi connectivity index (χ4v) is 3.81.